The van der Waals surface area contributed by atoms with E-state index in [1.54, 1.807) is 17.7 Å². The number of thiophene rings is 1. The molecule has 6 nitrogen and oxygen atoms in total. The molecule has 0 saturated carbocycles. The molecule has 0 atom stereocenters. The van der Waals surface area contributed by atoms with E-state index in [2.05, 4.69) is 11.4 Å². The first kappa shape index (κ1) is 22.3. The van der Waals surface area contributed by atoms with Gasteiger partial charge in [-0.15, -0.1) is 11.3 Å². The van der Waals surface area contributed by atoms with Gasteiger partial charge in [0.15, 0.2) is 0 Å². The number of ether oxygens (including phenoxy) is 1. The molecule has 4 aromatic rings. The first-order valence-corrected chi connectivity index (χ1v) is 11.4. The van der Waals surface area contributed by atoms with Crippen molar-refractivity contribution in [2.45, 2.75) is 26.8 Å². The van der Waals surface area contributed by atoms with Crippen LogP contribution >= 0.6 is 11.3 Å². The summed E-state index contributed by atoms with van der Waals surface area (Å²) in [5, 5.41) is 15.9. The van der Waals surface area contributed by atoms with Gasteiger partial charge in [0.25, 0.3) is 5.56 Å². The van der Waals surface area contributed by atoms with Crippen LogP contribution in [0, 0.1) is 25.2 Å². The van der Waals surface area contributed by atoms with Gasteiger partial charge in [0.2, 0.25) is 5.91 Å². The molecule has 1 N–H and O–H groups in total. The third-order valence-electron chi connectivity index (χ3n) is 5.66. The number of pyridine rings is 1. The topological polar surface area (TPSA) is 84.1 Å². The second-order valence-corrected chi connectivity index (χ2v) is 8.66. The number of methoxy groups -OCH3 is 1. The van der Waals surface area contributed by atoms with Crippen molar-refractivity contribution in [1.29, 1.82) is 5.26 Å². The molecular formula is C26H23N3O3S. The van der Waals surface area contributed by atoms with Crippen molar-refractivity contribution < 1.29 is 9.53 Å². The number of para-hydroxylation sites is 1. The Labute approximate surface area is 195 Å². The van der Waals surface area contributed by atoms with Crippen molar-refractivity contribution in [3.05, 3.63) is 81.0 Å². The minimum atomic E-state index is -0.246. The molecule has 0 radical (unpaired) electrons. The van der Waals surface area contributed by atoms with E-state index in [9.17, 15) is 14.9 Å². The summed E-state index contributed by atoms with van der Waals surface area (Å²) >= 11 is 1.31. The number of hydrogen-bond donors (Lipinski definition) is 1. The van der Waals surface area contributed by atoms with E-state index in [4.69, 9.17) is 4.74 Å². The Bertz CT molecular complexity index is 1440. The van der Waals surface area contributed by atoms with E-state index < -0.39 is 0 Å². The minimum Gasteiger partial charge on any atom is -0.497 e. The van der Waals surface area contributed by atoms with Crippen LogP contribution in [0.5, 0.6) is 5.75 Å². The molecule has 0 aliphatic heterocycles. The molecule has 0 saturated heterocycles. The second-order valence-electron chi connectivity index (χ2n) is 7.78. The molecule has 2 aromatic heterocycles. The van der Waals surface area contributed by atoms with Gasteiger partial charge in [0.05, 0.1) is 18.2 Å². The second kappa shape index (κ2) is 9.31. The summed E-state index contributed by atoms with van der Waals surface area (Å²) < 4.78 is 6.84. The van der Waals surface area contributed by atoms with E-state index in [0.29, 0.717) is 10.6 Å². The third-order valence-corrected chi connectivity index (χ3v) is 6.55. The van der Waals surface area contributed by atoms with Gasteiger partial charge < -0.3 is 14.6 Å². The number of nitrogens with one attached hydrogen (secondary N) is 1. The normalized spacial score (nSPS) is 10.7. The number of fused-ring (bicyclic) bond motifs is 1. The minimum absolute atomic E-state index is 0.118. The summed E-state index contributed by atoms with van der Waals surface area (Å²) in [5.74, 6) is 0.485. The van der Waals surface area contributed by atoms with Crippen molar-refractivity contribution in [2.75, 3.05) is 12.4 Å². The fourth-order valence-electron chi connectivity index (χ4n) is 3.95. The highest BCUT2D eigenvalue weighted by Crippen LogP contribution is 2.35. The number of rotatable bonds is 6. The van der Waals surface area contributed by atoms with Gasteiger partial charge in [-0.25, -0.2) is 0 Å². The monoisotopic (exact) mass is 457 g/mol. The number of aromatic nitrogens is 1. The molecule has 0 unspecified atom stereocenters. The first-order valence-electron chi connectivity index (χ1n) is 10.5. The summed E-state index contributed by atoms with van der Waals surface area (Å²) in [6, 6.07) is 17.1. The van der Waals surface area contributed by atoms with Gasteiger partial charge in [-0.1, -0.05) is 30.3 Å². The standard InChI is InChI=1S/C26H23N3O3S/c1-16-5-4-6-20-17(2)13-24(31)29(25(16)20)12-11-23(30)28-26-21(14-27)22(15-33-26)18-7-9-19(32-3)10-8-18/h4-10,13,15H,11-12H2,1-3H3,(H,28,30). The molecule has 0 spiro atoms. The maximum Gasteiger partial charge on any atom is 0.251 e. The zero-order chi connectivity index (χ0) is 23.5. The number of hydrogen-bond acceptors (Lipinski definition) is 5. The average Bonchev–Trinajstić information content (AvgIpc) is 3.21. The highest BCUT2D eigenvalue weighted by Gasteiger charge is 2.16. The van der Waals surface area contributed by atoms with Crippen LogP contribution in [0.3, 0.4) is 0 Å². The Morgan fingerprint density at radius 1 is 1.15 bits per heavy atom. The predicted octanol–water partition coefficient (Wildman–Crippen LogP) is 5.26. The van der Waals surface area contributed by atoms with Gasteiger partial charge >= 0.3 is 0 Å². The summed E-state index contributed by atoms with van der Waals surface area (Å²) in [6.45, 7) is 4.13. The Kier molecular flexibility index (Phi) is 6.29. The maximum atomic E-state index is 12.7. The predicted molar refractivity (Wildman–Crippen MR) is 132 cm³/mol. The number of nitriles is 1. The highest BCUT2D eigenvalue weighted by molar-refractivity contribution is 7.15. The smallest absolute Gasteiger partial charge is 0.251 e. The van der Waals surface area contributed by atoms with Crippen LogP contribution in [0.25, 0.3) is 22.0 Å². The fraction of sp³-hybridized carbons (Fsp3) is 0.192. The first-order chi connectivity index (χ1) is 15.9. The van der Waals surface area contributed by atoms with Crippen LogP contribution in [0.1, 0.15) is 23.1 Å². The van der Waals surface area contributed by atoms with E-state index >= 15 is 0 Å². The van der Waals surface area contributed by atoms with E-state index in [1.807, 2.05) is 61.7 Å². The Morgan fingerprint density at radius 2 is 1.91 bits per heavy atom. The molecule has 7 heteroatoms. The van der Waals surface area contributed by atoms with E-state index in [-0.39, 0.29) is 24.4 Å². The van der Waals surface area contributed by atoms with Crippen LogP contribution < -0.4 is 15.6 Å². The highest BCUT2D eigenvalue weighted by atomic mass is 32.1. The van der Waals surface area contributed by atoms with Gasteiger partial charge in [-0.05, 0) is 42.7 Å². The number of nitrogens with zero attached hydrogens (tertiary/aromatic N) is 2. The molecule has 4 rings (SSSR count). The zero-order valence-corrected chi connectivity index (χ0v) is 19.5. The number of anilines is 1. The number of aryl methyl sites for hydroxylation is 3. The summed E-state index contributed by atoms with van der Waals surface area (Å²) in [6.07, 6.45) is 0.118. The molecule has 0 aliphatic rings. The van der Waals surface area contributed by atoms with Gasteiger partial charge in [-0.2, -0.15) is 5.26 Å². The largest absolute Gasteiger partial charge is 0.497 e. The van der Waals surface area contributed by atoms with Crippen molar-refractivity contribution in [1.82, 2.24) is 4.57 Å². The van der Waals surface area contributed by atoms with E-state index in [1.165, 1.54) is 11.3 Å². The Balaban J connectivity index is 1.54. The number of amides is 1. The van der Waals surface area contributed by atoms with Crippen molar-refractivity contribution in [3.8, 4) is 22.9 Å². The fourth-order valence-corrected chi connectivity index (χ4v) is 4.89. The van der Waals surface area contributed by atoms with Crippen molar-refractivity contribution in [2.24, 2.45) is 0 Å². The number of carbonyl (C=O) groups is 1. The van der Waals surface area contributed by atoms with Gasteiger partial charge in [0.1, 0.15) is 16.8 Å². The maximum absolute atomic E-state index is 12.7. The lowest BCUT2D eigenvalue weighted by Crippen LogP contribution is -2.24. The van der Waals surface area contributed by atoms with Crippen LogP contribution in [0.4, 0.5) is 5.00 Å². The van der Waals surface area contributed by atoms with Gasteiger partial charge in [0, 0.05) is 35.4 Å². The summed E-state index contributed by atoms with van der Waals surface area (Å²) in [5.41, 5.74) is 4.69. The molecule has 0 aliphatic carbocycles. The lowest BCUT2D eigenvalue weighted by molar-refractivity contribution is -0.116. The molecular weight excluding hydrogens is 434 g/mol. The van der Waals surface area contributed by atoms with Crippen LogP contribution in [-0.4, -0.2) is 17.6 Å². The van der Waals surface area contributed by atoms with Crippen molar-refractivity contribution in [3.63, 3.8) is 0 Å². The lowest BCUT2D eigenvalue weighted by atomic mass is 10.0. The molecule has 166 valence electrons. The van der Waals surface area contributed by atoms with Crippen LogP contribution in [0.2, 0.25) is 0 Å². The summed E-state index contributed by atoms with van der Waals surface area (Å²) in [7, 11) is 1.60. The Hall–Kier alpha value is -3.89. The molecule has 0 fully saturated rings. The third kappa shape index (κ3) is 4.38. The van der Waals surface area contributed by atoms with Crippen molar-refractivity contribution >= 4 is 33.1 Å². The van der Waals surface area contributed by atoms with Gasteiger partial charge in [-0.3, -0.25) is 9.59 Å². The SMILES string of the molecule is COc1ccc(-c2csc(NC(=O)CCn3c(=O)cc(C)c4cccc(C)c43)c2C#N)cc1. The van der Waals surface area contributed by atoms with Crippen LogP contribution in [-0.2, 0) is 11.3 Å². The summed E-state index contributed by atoms with van der Waals surface area (Å²) in [4.78, 5) is 25.4. The Morgan fingerprint density at radius 3 is 2.61 bits per heavy atom. The molecule has 1 amide bonds. The zero-order valence-electron chi connectivity index (χ0n) is 18.6. The molecule has 2 heterocycles. The molecule has 33 heavy (non-hydrogen) atoms. The van der Waals surface area contributed by atoms with E-state index in [0.717, 1.165) is 38.9 Å². The average molecular weight is 458 g/mol. The van der Waals surface area contributed by atoms with Crippen LogP contribution in [0.15, 0.2) is 58.7 Å². The number of carbonyl (C=O) groups excluding carboxylic acids is 1. The number of benzene rings is 2. The quantitative estimate of drug-likeness (QED) is 0.428. The lowest BCUT2D eigenvalue weighted by Gasteiger charge is -2.14. The molecule has 2 aromatic carbocycles. The molecule has 0 bridgehead atoms.